The maximum Gasteiger partial charge on any atom is 0.287 e. The molecule has 3 rings (SSSR count). The predicted molar refractivity (Wildman–Crippen MR) is 80.3 cm³/mol. The summed E-state index contributed by atoms with van der Waals surface area (Å²) in [5.41, 5.74) is 1.91. The summed E-state index contributed by atoms with van der Waals surface area (Å²) >= 11 is 5.94. The summed E-state index contributed by atoms with van der Waals surface area (Å²) in [6.45, 7) is 2.02. The van der Waals surface area contributed by atoms with E-state index in [1.165, 1.54) is 0 Å². The number of furan rings is 1. The van der Waals surface area contributed by atoms with Crippen molar-refractivity contribution in [3.8, 4) is 0 Å². The third-order valence-electron chi connectivity index (χ3n) is 4.07. The van der Waals surface area contributed by atoms with Crippen LogP contribution in [0.5, 0.6) is 0 Å². The van der Waals surface area contributed by atoms with E-state index in [0.717, 1.165) is 35.8 Å². The monoisotopic (exact) mass is 291 g/mol. The van der Waals surface area contributed by atoms with Crippen molar-refractivity contribution in [2.24, 2.45) is 5.92 Å². The van der Waals surface area contributed by atoms with Crippen LogP contribution in [-0.4, -0.2) is 17.8 Å². The smallest absolute Gasteiger partial charge is 0.287 e. The molecular formula is C16H18ClNO2. The molecule has 1 aromatic carbocycles. The van der Waals surface area contributed by atoms with E-state index in [9.17, 15) is 4.79 Å². The fraction of sp³-hybridized carbons (Fsp3) is 0.438. The average Bonchev–Trinajstić information content (AvgIpc) is 3.04. The number of fused-ring (bicyclic) bond motifs is 1. The van der Waals surface area contributed by atoms with Gasteiger partial charge in [0, 0.05) is 17.3 Å². The number of carbonyl (C=O) groups excluding carboxylic acids is 1. The van der Waals surface area contributed by atoms with Crippen LogP contribution in [0, 0.1) is 12.8 Å². The Kier molecular flexibility index (Phi) is 3.70. The summed E-state index contributed by atoms with van der Waals surface area (Å²) < 4.78 is 5.62. The Labute approximate surface area is 123 Å². The highest BCUT2D eigenvalue weighted by atomic mass is 35.5. The van der Waals surface area contributed by atoms with Gasteiger partial charge in [0.25, 0.3) is 5.91 Å². The Morgan fingerprint density at radius 3 is 3.05 bits per heavy atom. The lowest BCUT2D eigenvalue weighted by molar-refractivity contribution is 0.0904. The number of benzene rings is 1. The lowest BCUT2D eigenvalue weighted by Gasteiger charge is -2.17. The Hall–Kier alpha value is -1.48. The van der Waals surface area contributed by atoms with Crippen molar-refractivity contribution in [2.75, 3.05) is 5.88 Å². The maximum atomic E-state index is 12.3. The number of hydrogen-bond donors (Lipinski definition) is 1. The Morgan fingerprint density at radius 2 is 2.25 bits per heavy atom. The molecule has 1 saturated carbocycles. The van der Waals surface area contributed by atoms with Crippen molar-refractivity contribution in [3.05, 3.63) is 35.6 Å². The molecule has 2 atom stereocenters. The summed E-state index contributed by atoms with van der Waals surface area (Å²) in [7, 11) is 0. The van der Waals surface area contributed by atoms with Gasteiger partial charge in [-0.15, -0.1) is 11.6 Å². The minimum Gasteiger partial charge on any atom is -0.451 e. The van der Waals surface area contributed by atoms with Crippen LogP contribution < -0.4 is 5.32 Å². The van der Waals surface area contributed by atoms with Gasteiger partial charge in [-0.3, -0.25) is 4.79 Å². The van der Waals surface area contributed by atoms with E-state index < -0.39 is 0 Å². The van der Waals surface area contributed by atoms with Crippen molar-refractivity contribution >= 4 is 28.5 Å². The molecule has 106 valence electrons. The number of aryl methyl sites for hydroxylation is 1. The molecule has 2 aromatic rings. The summed E-state index contributed by atoms with van der Waals surface area (Å²) in [6.07, 6.45) is 3.22. The summed E-state index contributed by atoms with van der Waals surface area (Å²) in [5, 5.41) is 4.02. The molecule has 1 N–H and O–H groups in total. The van der Waals surface area contributed by atoms with Gasteiger partial charge in [-0.1, -0.05) is 18.1 Å². The van der Waals surface area contributed by atoms with E-state index in [4.69, 9.17) is 16.0 Å². The van der Waals surface area contributed by atoms with Crippen LogP contribution in [-0.2, 0) is 0 Å². The molecule has 0 saturated heterocycles. The quantitative estimate of drug-likeness (QED) is 0.872. The zero-order chi connectivity index (χ0) is 14.1. The number of carbonyl (C=O) groups is 1. The molecule has 0 bridgehead atoms. The number of halogens is 1. The fourth-order valence-corrected chi connectivity index (χ4v) is 3.30. The van der Waals surface area contributed by atoms with Crippen molar-refractivity contribution < 1.29 is 9.21 Å². The number of nitrogens with one attached hydrogen (secondary N) is 1. The Balaban J connectivity index is 1.78. The molecule has 1 amide bonds. The molecule has 1 aliphatic rings. The normalized spacial score (nSPS) is 22.3. The molecule has 1 aliphatic carbocycles. The number of rotatable bonds is 3. The lowest BCUT2D eigenvalue weighted by Crippen LogP contribution is -2.37. The minimum atomic E-state index is -0.138. The highest BCUT2D eigenvalue weighted by Crippen LogP contribution is 2.27. The van der Waals surface area contributed by atoms with Crippen LogP contribution in [0.1, 0.15) is 35.4 Å². The third-order valence-corrected chi connectivity index (χ3v) is 4.47. The molecule has 1 fully saturated rings. The number of amides is 1. The first kappa shape index (κ1) is 13.5. The highest BCUT2D eigenvalue weighted by Gasteiger charge is 2.28. The standard InChI is InChI=1S/C16H18ClNO2/c1-10-5-6-14-12(7-10)8-15(20-14)16(19)18-13-4-2-3-11(13)9-17/h5-8,11,13H,2-4,9H2,1H3,(H,18,19). The van der Waals surface area contributed by atoms with Crippen LogP contribution in [0.15, 0.2) is 28.7 Å². The molecule has 0 radical (unpaired) electrons. The largest absolute Gasteiger partial charge is 0.451 e. The van der Waals surface area contributed by atoms with Gasteiger partial charge in [0.15, 0.2) is 5.76 Å². The summed E-state index contributed by atoms with van der Waals surface area (Å²) in [5.74, 6) is 1.23. The fourth-order valence-electron chi connectivity index (χ4n) is 2.93. The lowest BCUT2D eigenvalue weighted by atomic mass is 10.1. The molecule has 1 heterocycles. The van der Waals surface area contributed by atoms with E-state index in [0.29, 0.717) is 17.6 Å². The van der Waals surface area contributed by atoms with Gasteiger partial charge < -0.3 is 9.73 Å². The molecule has 20 heavy (non-hydrogen) atoms. The van der Waals surface area contributed by atoms with Crippen LogP contribution >= 0.6 is 11.6 Å². The molecule has 3 nitrogen and oxygen atoms in total. The first-order valence-corrected chi connectivity index (χ1v) is 7.58. The Bertz CT molecular complexity index is 634. The highest BCUT2D eigenvalue weighted by molar-refractivity contribution is 6.18. The maximum absolute atomic E-state index is 12.3. The van der Waals surface area contributed by atoms with Gasteiger partial charge in [-0.05, 0) is 43.9 Å². The molecule has 4 heteroatoms. The Morgan fingerprint density at radius 1 is 1.40 bits per heavy atom. The van der Waals surface area contributed by atoms with Gasteiger partial charge in [0.05, 0.1) is 0 Å². The van der Waals surface area contributed by atoms with Crippen LogP contribution in [0.3, 0.4) is 0 Å². The van der Waals surface area contributed by atoms with Gasteiger partial charge in [0.1, 0.15) is 5.58 Å². The van der Waals surface area contributed by atoms with Crippen LogP contribution in [0.2, 0.25) is 0 Å². The van der Waals surface area contributed by atoms with E-state index in [-0.39, 0.29) is 11.9 Å². The molecule has 0 aliphatic heterocycles. The third kappa shape index (κ3) is 2.55. The first-order valence-electron chi connectivity index (χ1n) is 7.04. The van der Waals surface area contributed by atoms with E-state index >= 15 is 0 Å². The minimum absolute atomic E-state index is 0.138. The molecule has 2 unspecified atom stereocenters. The second-order valence-corrected chi connectivity index (χ2v) is 5.89. The average molecular weight is 292 g/mol. The van der Waals surface area contributed by atoms with Crippen LogP contribution in [0.4, 0.5) is 0 Å². The molecule has 0 spiro atoms. The predicted octanol–water partition coefficient (Wildman–Crippen LogP) is 3.88. The number of alkyl halides is 1. The topological polar surface area (TPSA) is 42.2 Å². The van der Waals surface area contributed by atoms with Crippen molar-refractivity contribution in [1.29, 1.82) is 0 Å². The van der Waals surface area contributed by atoms with Crippen molar-refractivity contribution in [3.63, 3.8) is 0 Å². The summed E-state index contributed by atoms with van der Waals surface area (Å²) in [4.78, 5) is 12.3. The second-order valence-electron chi connectivity index (χ2n) is 5.58. The number of hydrogen-bond acceptors (Lipinski definition) is 2. The van der Waals surface area contributed by atoms with E-state index in [1.54, 1.807) is 0 Å². The van der Waals surface area contributed by atoms with E-state index in [2.05, 4.69) is 5.32 Å². The zero-order valence-electron chi connectivity index (χ0n) is 11.5. The van der Waals surface area contributed by atoms with E-state index in [1.807, 2.05) is 31.2 Å². The second kappa shape index (κ2) is 5.49. The summed E-state index contributed by atoms with van der Waals surface area (Å²) in [6, 6.07) is 7.89. The SMILES string of the molecule is Cc1ccc2oc(C(=O)NC3CCCC3CCl)cc2c1. The van der Waals surface area contributed by atoms with Gasteiger partial charge in [-0.25, -0.2) is 0 Å². The van der Waals surface area contributed by atoms with Gasteiger partial charge in [0.2, 0.25) is 0 Å². The van der Waals surface area contributed by atoms with Gasteiger partial charge >= 0.3 is 0 Å². The van der Waals surface area contributed by atoms with Crippen molar-refractivity contribution in [1.82, 2.24) is 5.32 Å². The first-order chi connectivity index (χ1) is 9.67. The zero-order valence-corrected chi connectivity index (χ0v) is 12.2. The van der Waals surface area contributed by atoms with Crippen LogP contribution in [0.25, 0.3) is 11.0 Å². The van der Waals surface area contributed by atoms with Crippen molar-refractivity contribution in [2.45, 2.75) is 32.2 Å². The molecule has 1 aromatic heterocycles. The molecular weight excluding hydrogens is 274 g/mol. The van der Waals surface area contributed by atoms with Gasteiger partial charge in [-0.2, -0.15) is 0 Å².